The number of nitrogens with zero attached hydrogens (tertiary/aromatic N) is 3. The number of hydrogen-bond donors (Lipinski definition) is 0. The molecular formula is C18H27N3O4S2. The predicted molar refractivity (Wildman–Crippen MR) is 109 cm³/mol. The highest BCUT2D eigenvalue weighted by Crippen LogP contribution is 2.34. The van der Waals surface area contributed by atoms with E-state index in [-0.39, 0.29) is 22.4 Å². The highest BCUT2D eigenvalue weighted by Gasteiger charge is 2.33. The minimum Gasteiger partial charge on any atom is -0.365 e. The predicted octanol–water partition coefficient (Wildman–Crippen LogP) is 3.20. The molecule has 0 aliphatic carbocycles. The number of hydrogen-bond acceptors (Lipinski definition) is 6. The first-order valence-corrected chi connectivity index (χ1v) is 12.0. The summed E-state index contributed by atoms with van der Waals surface area (Å²) in [5.41, 5.74) is 0.392. The second-order valence-corrected chi connectivity index (χ2v) is 10.8. The van der Waals surface area contributed by atoms with E-state index in [1.807, 2.05) is 30.5 Å². The standard InChI is InChI=1S/C18H27N3O4S2/c1-14-10-15(2)13-20(12-14)27(24,25)16-4-5-17(18(11-16)21(22)23)19-6-3-8-26-9-7-19/h4-5,11,14-15H,3,6-10,12-13H2,1-2H3/t14-,15-/m0/s1. The minimum absolute atomic E-state index is 0.0171. The Morgan fingerprint density at radius 1 is 1.15 bits per heavy atom. The maximum atomic E-state index is 13.1. The molecule has 27 heavy (non-hydrogen) atoms. The van der Waals surface area contributed by atoms with Gasteiger partial charge in [0.05, 0.1) is 9.82 Å². The number of thioether (sulfide) groups is 1. The van der Waals surface area contributed by atoms with Crippen LogP contribution in [0.4, 0.5) is 11.4 Å². The van der Waals surface area contributed by atoms with Crippen molar-refractivity contribution >= 4 is 33.2 Å². The SMILES string of the molecule is C[C@H]1C[C@H](C)CN(S(=O)(=O)c2ccc(N3CCCSCC3)c([N+](=O)[O-])c2)C1. The molecule has 7 nitrogen and oxygen atoms in total. The first kappa shape index (κ1) is 20.4. The summed E-state index contributed by atoms with van der Waals surface area (Å²) in [7, 11) is -3.73. The first-order valence-electron chi connectivity index (χ1n) is 9.40. The normalized spacial score (nSPS) is 25.2. The van der Waals surface area contributed by atoms with E-state index in [4.69, 9.17) is 0 Å². The summed E-state index contributed by atoms with van der Waals surface area (Å²) in [5, 5.41) is 11.7. The largest absolute Gasteiger partial charge is 0.365 e. The molecule has 2 heterocycles. The molecule has 0 bridgehead atoms. The van der Waals surface area contributed by atoms with Crippen LogP contribution in [0.1, 0.15) is 26.7 Å². The van der Waals surface area contributed by atoms with Gasteiger partial charge in [0.15, 0.2) is 0 Å². The van der Waals surface area contributed by atoms with Gasteiger partial charge in [0, 0.05) is 38.0 Å². The highest BCUT2D eigenvalue weighted by atomic mass is 32.2. The summed E-state index contributed by atoms with van der Waals surface area (Å²) >= 11 is 1.84. The molecule has 1 aromatic rings. The van der Waals surface area contributed by atoms with Gasteiger partial charge >= 0.3 is 0 Å². The summed E-state index contributed by atoms with van der Waals surface area (Å²) in [5.74, 6) is 2.53. The molecule has 3 rings (SSSR count). The number of anilines is 1. The van der Waals surface area contributed by atoms with Crippen molar-refractivity contribution in [2.24, 2.45) is 11.8 Å². The van der Waals surface area contributed by atoms with Gasteiger partial charge in [-0.15, -0.1) is 0 Å². The smallest absolute Gasteiger partial charge is 0.293 e. The summed E-state index contributed by atoms with van der Waals surface area (Å²) in [6.45, 7) is 6.50. The molecule has 0 saturated carbocycles. The number of nitro benzene ring substituents is 1. The molecule has 0 unspecified atom stereocenters. The van der Waals surface area contributed by atoms with Crippen LogP contribution in [-0.2, 0) is 10.0 Å². The van der Waals surface area contributed by atoms with Gasteiger partial charge in [-0.05, 0) is 42.6 Å². The second kappa shape index (κ2) is 8.36. The average molecular weight is 414 g/mol. The lowest BCUT2D eigenvalue weighted by Crippen LogP contribution is -2.42. The van der Waals surface area contributed by atoms with Crippen molar-refractivity contribution in [2.75, 3.05) is 42.6 Å². The van der Waals surface area contributed by atoms with Gasteiger partial charge in [-0.1, -0.05) is 13.8 Å². The van der Waals surface area contributed by atoms with Crippen molar-refractivity contribution in [1.82, 2.24) is 4.31 Å². The number of rotatable bonds is 4. The van der Waals surface area contributed by atoms with Gasteiger partial charge in [-0.25, -0.2) is 8.42 Å². The van der Waals surface area contributed by atoms with E-state index in [0.717, 1.165) is 37.4 Å². The lowest BCUT2D eigenvalue weighted by Gasteiger charge is -2.34. The summed E-state index contributed by atoms with van der Waals surface area (Å²) in [4.78, 5) is 13.2. The maximum Gasteiger partial charge on any atom is 0.293 e. The molecule has 0 aromatic heterocycles. The summed E-state index contributed by atoms with van der Waals surface area (Å²) in [6, 6.07) is 4.38. The van der Waals surface area contributed by atoms with Gasteiger partial charge in [-0.3, -0.25) is 10.1 Å². The maximum absolute atomic E-state index is 13.1. The van der Waals surface area contributed by atoms with Crippen molar-refractivity contribution in [3.05, 3.63) is 28.3 Å². The van der Waals surface area contributed by atoms with Crippen LogP contribution in [0.25, 0.3) is 0 Å². The van der Waals surface area contributed by atoms with E-state index in [0.29, 0.717) is 18.8 Å². The van der Waals surface area contributed by atoms with Crippen molar-refractivity contribution in [3.8, 4) is 0 Å². The fraction of sp³-hybridized carbons (Fsp3) is 0.667. The van der Waals surface area contributed by atoms with Gasteiger partial charge in [0.25, 0.3) is 5.69 Å². The van der Waals surface area contributed by atoms with Crippen LogP contribution in [0, 0.1) is 22.0 Å². The molecule has 2 saturated heterocycles. The van der Waals surface area contributed by atoms with E-state index in [1.54, 1.807) is 6.07 Å². The molecule has 0 amide bonds. The topological polar surface area (TPSA) is 83.8 Å². The molecule has 2 atom stereocenters. The number of sulfonamides is 1. The van der Waals surface area contributed by atoms with Crippen molar-refractivity contribution < 1.29 is 13.3 Å². The van der Waals surface area contributed by atoms with E-state index in [2.05, 4.69) is 0 Å². The van der Waals surface area contributed by atoms with E-state index < -0.39 is 14.9 Å². The molecule has 2 fully saturated rings. The van der Waals surface area contributed by atoms with Gasteiger partial charge in [0.1, 0.15) is 5.69 Å². The van der Waals surface area contributed by atoms with Crippen LogP contribution < -0.4 is 4.90 Å². The molecule has 2 aliphatic heterocycles. The van der Waals surface area contributed by atoms with E-state index >= 15 is 0 Å². The quantitative estimate of drug-likeness (QED) is 0.557. The Kier molecular flexibility index (Phi) is 6.32. The molecule has 150 valence electrons. The average Bonchev–Trinajstić information content (AvgIpc) is 2.89. The van der Waals surface area contributed by atoms with Crippen molar-refractivity contribution in [1.29, 1.82) is 0 Å². The molecule has 0 spiro atoms. The first-order chi connectivity index (χ1) is 12.8. The Hall–Kier alpha value is -1.32. The third kappa shape index (κ3) is 4.57. The third-order valence-electron chi connectivity index (χ3n) is 5.18. The Balaban J connectivity index is 1.94. The van der Waals surface area contributed by atoms with Crippen molar-refractivity contribution in [2.45, 2.75) is 31.6 Å². The van der Waals surface area contributed by atoms with E-state index in [9.17, 15) is 18.5 Å². The fourth-order valence-corrected chi connectivity index (χ4v) is 6.60. The van der Waals surface area contributed by atoms with Crippen LogP contribution in [0.2, 0.25) is 0 Å². The summed E-state index contributed by atoms with van der Waals surface area (Å²) < 4.78 is 27.6. The van der Waals surface area contributed by atoms with E-state index in [1.165, 1.54) is 16.4 Å². The van der Waals surface area contributed by atoms with Gasteiger partial charge < -0.3 is 4.90 Å². The number of benzene rings is 1. The lowest BCUT2D eigenvalue weighted by atomic mass is 9.94. The highest BCUT2D eigenvalue weighted by molar-refractivity contribution is 7.99. The molecule has 9 heteroatoms. The molecule has 0 radical (unpaired) electrons. The van der Waals surface area contributed by atoms with Crippen LogP contribution in [0.5, 0.6) is 0 Å². The molecule has 2 aliphatic rings. The number of piperidine rings is 1. The Morgan fingerprint density at radius 3 is 2.52 bits per heavy atom. The second-order valence-electron chi connectivity index (χ2n) is 7.63. The zero-order valence-electron chi connectivity index (χ0n) is 15.8. The monoisotopic (exact) mass is 413 g/mol. The van der Waals surface area contributed by atoms with Crippen LogP contribution in [0.3, 0.4) is 0 Å². The lowest BCUT2D eigenvalue weighted by molar-refractivity contribution is -0.384. The minimum atomic E-state index is -3.73. The van der Waals surface area contributed by atoms with Gasteiger partial charge in [0.2, 0.25) is 10.0 Å². The molecule has 0 N–H and O–H groups in total. The molecule has 1 aromatic carbocycles. The zero-order valence-corrected chi connectivity index (χ0v) is 17.5. The Bertz CT molecular complexity index is 782. The number of nitro groups is 1. The van der Waals surface area contributed by atoms with Gasteiger partial charge in [-0.2, -0.15) is 16.1 Å². The summed E-state index contributed by atoms with van der Waals surface area (Å²) in [6.07, 6.45) is 1.96. The van der Waals surface area contributed by atoms with Crippen LogP contribution in [0.15, 0.2) is 23.1 Å². The van der Waals surface area contributed by atoms with Crippen LogP contribution >= 0.6 is 11.8 Å². The Labute approximate surface area is 165 Å². The molecular weight excluding hydrogens is 386 g/mol. The third-order valence-corrected chi connectivity index (χ3v) is 8.06. The fourth-order valence-electron chi connectivity index (χ4n) is 4.02. The van der Waals surface area contributed by atoms with Crippen molar-refractivity contribution in [3.63, 3.8) is 0 Å². The van der Waals surface area contributed by atoms with Crippen LogP contribution in [-0.4, -0.2) is 55.3 Å². The zero-order chi connectivity index (χ0) is 19.6. The Morgan fingerprint density at radius 2 is 1.85 bits per heavy atom.